The second kappa shape index (κ2) is 8.39. The van der Waals surface area contributed by atoms with Crippen LogP contribution < -0.4 is 10.1 Å². The topological polar surface area (TPSA) is 21.3 Å². The number of halogens is 2. The molecule has 2 aromatic rings. The number of nitrogens with one attached hydrogen (secondary N) is 1. The van der Waals surface area contributed by atoms with E-state index >= 15 is 0 Å². The Morgan fingerprint density at radius 2 is 1.59 bits per heavy atom. The van der Waals surface area contributed by atoms with Gasteiger partial charge >= 0.3 is 0 Å². The Morgan fingerprint density at radius 1 is 0.852 bits per heavy atom. The first kappa shape index (κ1) is 18.4. The van der Waals surface area contributed by atoms with Crippen molar-refractivity contribution in [2.24, 2.45) is 5.92 Å². The molecule has 0 radical (unpaired) electrons. The number of benzene rings is 2. The van der Waals surface area contributed by atoms with Gasteiger partial charge in [0.25, 0.3) is 0 Å². The first-order chi connectivity index (χ1) is 13.2. The number of rotatable bonds is 6. The first-order valence-corrected chi connectivity index (χ1v) is 10.1. The van der Waals surface area contributed by atoms with Crippen LogP contribution in [0.15, 0.2) is 36.4 Å². The summed E-state index contributed by atoms with van der Waals surface area (Å²) in [7, 11) is 0. The summed E-state index contributed by atoms with van der Waals surface area (Å²) >= 11 is 0. The van der Waals surface area contributed by atoms with Crippen LogP contribution in [0.25, 0.3) is 0 Å². The summed E-state index contributed by atoms with van der Waals surface area (Å²) in [6.07, 6.45) is 7.40. The van der Waals surface area contributed by atoms with Gasteiger partial charge in [0.2, 0.25) is 0 Å². The highest BCUT2D eigenvalue weighted by Gasteiger charge is 2.21. The van der Waals surface area contributed by atoms with Gasteiger partial charge in [-0.15, -0.1) is 0 Å². The van der Waals surface area contributed by atoms with Gasteiger partial charge in [0.15, 0.2) is 0 Å². The fourth-order valence-corrected chi connectivity index (χ4v) is 4.36. The van der Waals surface area contributed by atoms with E-state index < -0.39 is 0 Å². The van der Waals surface area contributed by atoms with Crippen LogP contribution in [0.2, 0.25) is 0 Å². The Bertz CT molecular complexity index is 726. The van der Waals surface area contributed by atoms with E-state index in [1.54, 1.807) is 24.3 Å². The van der Waals surface area contributed by atoms with E-state index in [2.05, 4.69) is 5.32 Å². The molecule has 1 heterocycles. The minimum Gasteiger partial charge on any atom is -0.490 e. The molecular formula is C23H27F2NO. The van der Waals surface area contributed by atoms with E-state index in [1.165, 1.54) is 17.2 Å². The van der Waals surface area contributed by atoms with Crippen molar-refractivity contribution in [2.45, 2.75) is 51.0 Å². The van der Waals surface area contributed by atoms with Crippen molar-refractivity contribution < 1.29 is 13.5 Å². The molecule has 1 aliphatic carbocycles. The molecular weight excluding hydrogens is 344 g/mol. The van der Waals surface area contributed by atoms with E-state index in [0.717, 1.165) is 69.3 Å². The lowest BCUT2D eigenvalue weighted by Gasteiger charge is -2.27. The monoisotopic (exact) mass is 371 g/mol. The van der Waals surface area contributed by atoms with Crippen molar-refractivity contribution in [3.8, 4) is 5.75 Å². The second-order valence-electron chi connectivity index (χ2n) is 7.88. The SMILES string of the molecule is Fc1ccc2c(c1)CCC(CCNCCC1CCc3cc(F)ccc3O1)C2. The Balaban J connectivity index is 1.15. The molecule has 2 nitrogen and oxygen atoms in total. The third-order valence-electron chi connectivity index (χ3n) is 5.92. The maximum atomic E-state index is 13.3. The van der Waals surface area contributed by atoms with Crippen molar-refractivity contribution in [1.29, 1.82) is 0 Å². The lowest BCUT2D eigenvalue weighted by Crippen LogP contribution is -2.29. The molecule has 4 heteroatoms. The van der Waals surface area contributed by atoms with Gasteiger partial charge in [-0.3, -0.25) is 0 Å². The van der Waals surface area contributed by atoms with Crippen LogP contribution in [0, 0.1) is 17.6 Å². The maximum Gasteiger partial charge on any atom is 0.123 e. The molecule has 0 spiro atoms. The summed E-state index contributed by atoms with van der Waals surface area (Å²) < 4.78 is 32.5. The Hall–Kier alpha value is -1.94. The van der Waals surface area contributed by atoms with Gasteiger partial charge in [-0.05, 0) is 111 Å². The van der Waals surface area contributed by atoms with E-state index in [9.17, 15) is 8.78 Å². The summed E-state index contributed by atoms with van der Waals surface area (Å²) in [6, 6.07) is 10.0. The lowest BCUT2D eigenvalue weighted by atomic mass is 9.82. The fourth-order valence-electron chi connectivity index (χ4n) is 4.36. The van der Waals surface area contributed by atoms with Crippen molar-refractivity contribution in [2.75, 3.05) is 13.1 Å². The summed E-state index contributed by atoms with van der Waals surface area (Å²) in [5.41, 5.74) is 3.49. The average molecular weight is 371 g/mol. The molecule has 27 heavy (non-hydrogen) atoms. The third-order valence-corrected chi connectivity index (χ3v) is 5.92. The second-order valence-corrected chi connectivity index (χ2v) is 7.88. The molecule has 0 saturated carbocycles. The summed E-state index contributed by atoms with van der Waals surface area (Å²) in [5.74, 6) is 1.22. The van der Waals surface area contributed by atoms with Gasteiger partial charge in [-0.1, -0.05) is 6.07 Å². The van der Waals surface area contributed by atoms with E-state index in [-0.39, 0.29) is 17.7 Å². The van der Waals surface area contributed by atoms with E-state index in [1.807, 2.05) is 6.07 Å². The van der Waals surface area contributed by atoms with Gasteiger partial charge in [0.05, 0.1) is 0 Å². The number of aryl methyl sites for hydroxylation is 2. The van der Waals surface area contributed by atoms with Crippen LogP contribution in [0.1, 0.15) is 42.4 Å². The molecule has 2 unspecified atom stereocenters. The van der Waals surface area contributed by atoms with Crippen molar-refractivity contribution in [3.05, 3.63) is 64.7 Å². The van der Waals surface area contributed by atoms with Crippen LogP contribution in [-0.2, 0) is 19.3 Å². The molecule has 2 atom stereocenters. The zero-order chi connectivity index (χ0) is 18.6. The number of hydrogen-bond donors (Lipinski definition) is 1. The molecule has 0 aromatic heterocycles. The molecule has 4 rings (SSSR count). The third kappa shape index (κ3) is 4.67. The Labute approximate surface area is 159 Å². The molecule has 2 aromatic carbocycles. The van der Waals surface area contributed by atoms with Crippen LogP contribution >= 0.6 is 0 Å². The minimum absolute atomic E-state index is 0.119. The highest BCUT2D eigenvalue weighted by molar-refractivity contribution is 5.35. The quantitative estimate of drug-likeness (QED) is 0.734. The molecule has 1 N–H and O–H groups in total. The van der Waals surface area contributed by atoms with Gasteiger partial charge in [-0.25, -0.2) is 8.78 Å². The largest absolute Gasteiger partial charge is 0.490 e. The van der Waals surface area contributed by atoms with Crippen LogP contribution in [0.5, 0.6) is 5.75 Å². The molecule has 0 bridgehead atoms. The fraction of sp³-hybridized carbons (Fsp3) is 0.478. The zero-order valence-corrected chi connectivity index (χ0v) is 15.6. The average Bonchev–Trinajstić information content (AvgIpc) is 2.68. The Kier molecular flexibility index (Phi) is 5.72. The molecule has 2 aliphatic rings. The summed E-state index contributed by atoms with van der Waals surface area (Å²) in [4.78, 5) is 0. The van der Waals surface area contributed by atoms with Gasteiger partial charge in [-0.2, -0.15) is 0 Å². The Morgan fingerprint density at radius 3 is 2.48 bits per heavy atom. The van der Waals surface area contributed by atoms with Gasteiger partial charge < -0.3 is 10.1 Å². The van der Waals surface area contributed by atoms with Crippen molar-refractivity contribution >= 4 is 0 Å². The van der Waals surface area contributed by atoms with E-state index in [4.69, 9.17) is 4.74 Å². The predicted molar refractivity (Wildman–Crippen MR) is 103 cm³/mol. The van der Waals surface area contributed by atoms with Crippen LogP contribution in [0.3, 0.4) is 0 Å². The highest BCUT2D eigenvalue weighted by atomic mass is 19.1. The lowest BCUT2D eigenvalue weighted by molar-refractivity contribution is 0.163. The van der Waals surface area contributed by atoms with Crippen molar-refractivity contribution in [3.63, 3.8) is 0 Å². The van der Waals surface area contributed by atoms with Gasteiger partial charge in [0, 0.05) is 0 Å². The number of hydrogen-bond acceptors (Lipinski definition) is 2. The summed E-state index contributed by atoms with van der Waals surface area (Å²) in [6.45, 7) is 1.95. The number of fused-ring (bicyclic) bond motifs is 2. The molecule has 0 saturated heterocycles. The predicted octanol–water partition coefficient (Wildman–Crippen LogP) is 4.83. The maximum absolute atomic E-state index is 13.3. The highest BCUT2D eigenvalue weighted by Crippen LogP contribution is 2.29. The smallest absolute Gasteiger partial charge is 0.123 e. The zero-order valence-electron chi connectivity index (χ0n) is 15.6. The standard InChI is InChI=1S/C23H27F2NO/c24-20-5-3-17-13-16(1-2-18(17)14-20)9-11-26-12-10-22-7-4-19-15-21(25)6-8-23(19)27-22/h3,5-6,8,14-16,22,26H,1-2,4,7,9-13H2. The summed E-state index contributed by atoms with van der Waals surface area (Å²) in [5, 5.41) is 3.55. The van der Waals surface area contributed by atoms with E-state index in [0.29, 0.717) is 5.92 Å². The molecule has 0 fully saturated rings. The first-order valence-electron chi connectivity index (χ1n) is 10.1. The molecule has 1 aliphatic heterocycles. The normalized spacial score (nSPS) is 21.3. The van der Waals surface area contributed by atoms with Gasteiger partial charge in [0.1, 0.15) is 23.5 Å². The minimum atomic E-state index is -0.187. The number of ether oxygens (including phenoxy) is 1. The molecule has 144 valence electrons. The van der Waals surface area contributed by atoms with Crippen LogP contribution in [0.4, 0.5) is 8.78 Å². The van der Waals surface area contributed by atoms with Crippen molar-refractivity contribution in [1.82, 2.24) is 5.32 Å². The van der Waals surface area contributed by atoms with Crippen LogP contribution in [-0.4, -0.2) is 19.2 Å². The molecule has 0 amide bonds.